The molecule has 2 rings (SSSR count). The molecule has 0 radical (unpaired) electrons. The highest BCUT2D eigenvalue weighted by atomic mass is 16.3. The molecule has 0 saturated heterocycles. The normalized spacial score (nSPS) is 13.9. The molecule has 0 bridgehead atoms. The fraction of sp³-hybridized carbons (Fsp3) is 0.429. The van der Waals surface area contributed by atoms with E-state index in [1.807, 2.05) is 0 Å². The number of rotatable bonds is 5. The second-order valence-corrected chi connectivity index (χ2v) is 4.94. The Morgan fingerprint density at radius 3 is 2.79 bits per heavy atom. The molecule has 0 spiro atoms. The maximum Gasteiger partial charge on any atom is 0.239 e. The minimum Gasteiger partial charge on any atom is -0.508 e. The van der Waals surface area contributed by atoms with Gasteiger partial charge >= 0.3 is 0 Å². The van der Waals surface area contributed by atoms with Crippen LogP contribution in [0.1, 0.15) is 18.4 Å². The topological polar surface area (TPSA) is 69.6 Å². The van der Waals surface area contributed by atoms with Crippen molar-refractivity contribution in [3.8, 4) is 5.75 Å². The highest BCUT2D eigenvalue weighted by molar-refractivity contribution is 5.85. The Balaban J connectivity index is 1.82. The van der Waals surface area contributed by atoms with E-state index in [1.54, 1.807) is 31.3 Å². The van der Waals surface area contributed by atoms with E-state index in [-0.39, 0.29) is 30.5 Å². The standard InChI is InChI=1S/C14H18N2O3/c1-16(9-13(18)15-11-5-6-11)14(19)8-10-3-2-4-12(17)7-10/h2-4,7,11,17H,5-6,8-9H2,1H3,(H,15,18). The summed E-state index contributed by atoms with van der Waals surface area (Å²) in [6.45, 7) is 0.0775. The van der Waals surface area contributed by atoms with Crippen LogP contribution in [0, 0.1) is 0 Å². The summed E-state index contributed by atoms with van der Waals surface area (Å²) >= 11 is 0. The Bertz CT molecular complexity index is 483. The minimum atomic E-state index is -0.142. The van der Waals surface area contributed by atoms with Crippen LogP contribution in [0.5, 0.6) is 5.75 Å². The molecule has 1 aliphatic rings. The van der Waals surface area contributed by atoms with Crippen LogP contribution in [0.15, 0.2) is 24.3 Å². The molecule has 2 N–H and O–H groups in total. The molecule has 0 unspecified atom stereocenters. The molecule has 1 fully saturated rings. The van der Waals surface area contributed by atoms with E-state index >= 15 is 0 Å². The molecule has 0 heterocycles. The van der Waals surface area contributed by atoms with Crippen molar-refractivity contribution >= 4 is 11.8 Å². The van der Waals surface area contributed by atoms with Gasteiger partial charge in [-0.1, -0.05) is 12.1 Å². The summed E-state index contributed by atoms with van der Waals surface area (Å²) in [5.74, 6) is -0.120. The maximum absolute atomic E-state index is 11.9. The SMILES string of the molecule is CN(CC(=O)NC1CC1)C(=O)Cc1cccc(O)c1. The van der Waals surface area contributed by atoms with Crippen LogP contribution in [0.4, 0.5) is 0 Å². The molecular formula is C14H18N2O3. The second kappa shape index (κ2) is 5.73. The van der Waals surface area contributed by atoms with Crippen LogP contribution in [0.2, 0.25) is 0 Å². The number of aromatic hydroxyl groups is 1. The van der Waals surface area contributed by atoms with Gasteiger partial charge in [0.15, 0.2) is 0 Å². The number of nitrogens with one attached hydrogen (secondary N) is 1. The van der Waals surface area contributed by atoms with Crippen LogP contribution < -0.4 is 5.32 Å². The van der Waals surface area contributed by atoms with Gasteiger partial charge in [-0.3, -0.25) is 9.59 Å². The lowest BCUT2D eigenvalue weighted by Gasteiger charge is -2.16. The van der Waals surface area contributed by atoms with Gasteiger partial charge in [-0.2, -0.15) is 0 Å². The van der Waals surface area contributed by atoms with Gasteiger partial charge in [0.1, 0.15) is 5.75 Å². The Hall–Kier alpha value is -2.04. The zero-order valence-corrected chi connectivity index (χ0v) is 10.9. The number of carbonyl (C=O) groups is 2. The number of phenols is 1. The molecule has 102 valence electrons. The molecule has 5 heteroatoms. The summed E-state index contributed by atoms with van der Waals surface area (Å²) in [7, 11) is 1.61. The molecule has 1 aromatic rings. The lowest BCUT2D eigenvalue weighted by atomic mass is 10.1. The first kappa shape index (κ1) is 13.4. The van der Waals surface area contributed by atoms with E-state index in [0.717, 1.165) is 18.4 Å². The Kier molecular flexibility index (Phi) is 4.04. The first-order chi connectivity index (χ1) is 9.04. The quantitative estimate of drug-likeness (QED) is 0.819. The van der Waals surface area contributed by atoms with Gasteiger partial charge < -0.3 is 15.3 Å². The van der Waals surface area contributed by atoms with Gasteiger partial charge in [0.05, 0.1) is 13.0 Å². The summed E-state index contributed by atoms with van der Waals surface area (Å²) in [6.07, 6.45) is 2.25. The third kappa shape index (κ3) is 4.28. The first-order valence-corrected chi connectivity index (χ1v) is 6.36. The van der Waals surface area contributed by atoms with E-state index in [4.69, 9.17) is 0 Å². The van der Waals surface area contributed by atoms with Crippen molar-refractivity contribution in [2.75, 3.05) is 13.6 Å². The van der Waals surface area contributed by atoms with Crippen LogP contribution >= 0.6 is 0 Å². The smallest absolute Gasteiger partial charge is 0.239 e. The van der Waals surface area contributed by atoms with Crippen LogP contribution in [-0.2, 0) is 16.0 Å². The largest absolute Gasteiger partial charge is 0.508 e. The van der Waals surface area contributed by atoms with Gasteiger partial charge in [-0.15, -0.1) is 0 Å². The number of hydrogen-bond acceptors (Lipinski definition) is 3. The predicted molar refractivity (Wildman–Crippen MR) is 70.6 cm³/mol. The summed E-state index contributed by atoms with van der Waals surface area (Å²) in [5, 5.41) is 12.2. The van der Waals surface area contributed by atoms with Crippen molar-refractivity contribution in [1.82, 2.24) is 10.2 Å². The summed E-state index contributed by atoms with van der Waals surface area (Å²) in [4.78, 5) is 24.9. The molecule has 19 heavy (non-hydrogen) atoms. The van der Waals surface area contributed by atoms with Gasteiger partial charge in [0.25, 0.3) is 0 Å². The number of carbonyl (C=O) groups excluding carboxylic acids is 2. The molecule has 0 aromatic heterocycles. The van der Waals surface area contributed by atoms with E-state index in [2.05, 4.69) is 5.32 Å². The zero-order chi connectivity index (χ0) is 13.8. The highest BCUT2D eigenvalue weighted by Crippen LogP contribution is 2.18. The monoisotopic (exact) mass is 262 g/mol. The maximum atomic E-state index is 11.9. The molecule has 1 aliphatic carbocycles. The number of hydrogen-bond donors (Lipinski definition) is 2. The lowest BCUT2D eigenvalue weighted by molar-refractivity contribution is -0.134. The van der Waals surface area contributed by atoms with Gasteiger partial charge in [-0.25, -0.2) is 0 Å². The highest BCUT2D eigenvalue weighted by Gasteiger charge is 2.24. The number of likely N-dealkylation sites (N-methyl/N-ethyl adjacent to an activating group) is 1. The van der Waals surface area contributed by atoms with E-state index in [0.29, 0.717) is 6.04 Å². The second-order valence-electron chi connectivity index (χ2n) is 4.94. The summed E-state index contributed by atoms with van der Waals surface area (Å²) in [6, 6.07) is 6.88. The van der Waals surface area contributed by atoms with Crippen molar-refractivity contribution in [3.05, 3.63) is 29.8 Å². The van der Waals surface area contributed by atoms with Crippen molar-refractivity contribution in [1.29, 1.82) is 0 Å². The first-order valence-electron chi connectivity index (χ1n) is 6.36. The van der Waals surface area contributed by atoms with Gasteiger partial charge in [0, 0.05) is 13.1 Å². The van der Waals surface area contributed by atoms with Crippen molar-refractivity contribution in [3.63, 3.8) is 0 Å². The van der Waals surface area contributed by atoms with Crippen molar-refractivity contribution in [2.24, 2.45) is 0 Å². The number of nitrogens with zero attached hydrogens (tertiary/aromatic N) is 1. The van der Waals surface area contributed by atoms with Gasteiger partial charge in [0.2, 0.25) is 11.8 Å². The minimum absolute atomic E-state index is 0.0775. The fourth-order valence-corrected chi connectivity index (χ4v) is 1.78. The molecule has 5 nitrogen and oxygen atoms in total. The molecule has 0 aliphatic heterocycles. The van der Waals surface area contributed by atoms with Crippen molar-refractivity contribution in [2.45, 2.75) is 25.3 Å². The number of benzene rings is 1. The van der Waals surface area contributed by atoms with E-state index in [9.17, 15) is 14.7 Å². The summed E-state index contributed by atoms with van der Waals surface area (Å²) < 4.78 is 0. The molecule has 2 amide bonds. The average molecular weight is 262 g/mol. The third-order valence-electron chi connectivity index (χ3n) is 3.01. The lowest BCUT2D eigenvalue weighted by Crippen LogP contribution is -2.39. The van der Waals surface area contributed by atoms with Crippen LogP contribution in [0.25, 0.3) is 0 Å². The molecule has 0 atom stereocenters. The fourth-order valence-electron chi connectivity index (χ4n) is 1.78. The molecule has 1 aromatic carbocycles. The van der Waals surface area contributed by atoms with Crippen LogP contribution in [-0.4, -0.2) is 41.5 Å². The van der Waals surface area contributed by atoms with Crippen molar-refractivity contribution < 1.29 is 14.7 Å². The number of amides is 2. The summed E-state index contributed by atoms with van der Waals surface area (Å²) in [5.41, 5.74) is 0.736. The van der Waals surface area contributed by atoms with Gasteiger partial charge in [-0.05, 0) is 30.5 Å². The third-order valence-corrected chi connectivity index (χ3v) is 3.01. The average Bonchev–Trinajstić information content (AvgIpc) is 3.12. The Labute approximate surface area is 112 Å². The van der Waals surface area contributed by atoms with E-state index in [1.165, 1.54) is 4.90 Å². The molecular weight excluding hydrogens is 244 g/mol. The van der Waals surface area contributed by atoms with Crippen LogP contribution in [0.3, 0.4) is 0 Å². The molecule has 1 saturated carbocycles. The zero-order valence-electron chi connectivity index (χ0n) is 10.9. The number of phenolic OH excluding ortho intramolecular Hbond substituents is 1. The van der Waals surface area contributed by atoms with E-state index < -0.39 is 0 Å². The Morgan fingerprint density at radius 2 is 2.16 bits per heavy atom. The Morgan fingerprint density at radius 1 is 1.42 bits per heavy atom. The predicted octanol–water partition coefficient (Wildman–Crippen LogP) is 0.672.